The fraction of sp³-hybridized carbons (Fsp3) is 0.200. The number of rotatable bonds is 3. The van der Waals surface area contributed by atoms with Crippen LogP contribution in [0.4, 0.5) is 0 Å². The number of hydrogen-bond acceptors (Lipinski definition) is 4. The minimum Gasteiger partial charge on any atom is -0.457 e. The third-order valence-corrected chi connectivity index (χ3v) is 3.43. The number of pyridine rings is 1. The Morgan fingerprint density at radius 2 is 2.19 bits per heavy atom. The minimum absolute atomic E-state index is 0.369. The molecule has 0 amide bonds. The highest BCUT2D eigenvalue weighted by molar-refractivity contribution is 6.29. The number of nitrogens with zero attached hydrogens (tertiary/aromatic N) is 1. The van der Waals surface area contributed by atoms with E-state index in [2.05, 4.69) is 9.97 Å². The summed E-state index contributed by atoms with van der Waals surface area (Å²) in [7, 11) is 0. The maximum atomic E-state index is 11.3. The Morgan fingerprint density at radius 1 is 1.38 bits per heavy atom. The van der Waals surface area contributed by atoms with Crippen LogP contribution in [0.3, 0.4) is 0 Å². The molecule has 0 saturated heterocycles. The average Bonchev–Trinajstić information content (AvgIpc) is 2.80. The van der Waals surface area contributed by atoms with Gasteiger partial charge in [-0.25, -0.2) is 9.78 Å². The molecule has 0 fully saturated rings. The zero-order valence-corrected chi connectivity index (χ0v) is 12.3. The second-order valence-corrected chi connectivity index (χ2v) is 5.09. The number of oxazole rings is 1. The van der Waals surface area contributed by atoms with Crippen LogP contribution in [0.1, 0.15) is 18.1 Å². The van der Waals surface area contributed by atoms with E-state index < -0.39 is 5.76 Å². The summed E-state index contributed by atoms with van der Waals surface area (Å²) < 4.78 is 11.0. The smallest absolute Gasteiger partial charge is 0.417 e. The van der Waals surface area contributed by atoms with Gasteiger partial charge in [-0.2, -0.15) is 0 Å². The molecule has 2 aromatic heterocycles. The lowest BCUT2D eigenvalue weighted by atomic mass is 10.2. The molecule has 1 aromatic carbocycles. The highest BCUT2D eigenvalue weighted by atomic mass is 35.5. The predicted octanol–water partition coefficient (Wildman–Crippen LogP) is 3.83. The van der Waals surface area contributed by atoms with Crippen molar-refractivity contribution in [2.24, 2.45) is 0 Å². The van der Waals surface area contributed by atoms with Crippen molar-refractivity contribution < 1.29 is 9.15 Å². The zero-order chi connectivity index (χ0) is 15.0. The van der Waals surface area contributed by atoms with Crippen LogP contribution in [0.2, 0.25) is 5.15 Å². The molecule has 0 spiro atoms. The van der Waals surface area contributed by atoms with E-state index in [0.29, 0.717) is 27.8 Å². The lowest BCUT2D eigenvalue weighted by Gasteiger charge is -2.10. The number of H-pyrrole nitrogens is 1. The Kier molecular flexibility index (Phi) is 3.43. The monoisotopic (exact) mass is 304 g/mol. The van der Waals surface area contributed by atoms with Gasteiger partial charge in [0.2, 0.25) is 0 Å². The summed E-state index contributed by atoms with van der Waals surface area (Å²) >= 11 is 5.91. The van der Waals surface area contributed by atoms with E-state index in [1.54, 1.807) is 18.3 Å². The molecular formula is C15H13ClN2O3. The van der Waals surface area contributed by atoms with Crippen LogP contribution in [0, 0.1) is 6.92 Å². The highest BCUT2D eigenvalue weighted by Gasteiger charge is 2.10. The summed E-state index contributed by atoms with van der Waals surface area (Å²) in [5.41, 5.74) is 2.96. The summed E-state index contributed by atoms with van der Waals surface area (Å²) in [5.74, 6) is 0.750. The highest BCUT2D eigenvalue weighted by Crippen LogP contribution is 2.30. The van der Waals surface area contributed by atoms with Crippen molar-refractivity contribution in [2.45, 2.75) is 20.3 Å². The van der Waals surface area contributed by atoms with E-state index >= 15 is 0 Å². The first-order valence-electron chi connectivity index (χ1n) is 6.52. The van der Waals surface area contributed by atoms with Crippen LogP contribution in [0.15, 0.2) is 33.6 Å². The Balaban J connectivity index is 2.05. The first kappa shape index (κ1) is 13.7. The normalized spacial score (nSPS) is 11.0. The number of hydrogen-bond donors (Lipinski definition) is 1. The van der Waals surface area contributed by atoms with Crippen molar-refractivity contribution in [2.75, 3.05) is 0 Å². The lowest BCUT2D eigenvalue weighted by molar-refractivity contribution is 0.474. The topological polar surface area (TPSA) is 68.1 Å². The predicted molar refractivity (Wildman–Crippen MR) is 80.3 cm³/mol. The maximum absolute atomic E-state index is 11.3. The third kappa shape index (κ3) is 2.64. The first-order chi connectivity index (χ1) is 10.1. The molecule has 0 aliphatic carbocycles. The molecule has 1 N–H and O–H groups in total. The Bertz CT molecular complexity index is 867. The fourth-order valence-electron chi connectivity index (χ4n) is 2.18. The lowest BCUT2D eigenvalue weighted by Crippen LogP contribution is -1.94. The number of halogens is 1. The van der Waals surface area contributed by atoms with E-state index in [0.717, 1.165) is 17.5 Å². The van der Waals surface area contributed by atoms with Gasteiger partial charge in [-0.05, 0) is 25.0 Å². The molecule has 0 aliphatic rings. The SMILES string of the molecule is CCc1cnc(Cl)cc1Oc1cc(C)c2[nH]c(=O)oc2c1. The molecule has 0 radical (unpaired) electrons. The molecule has 0 bridgehead atoms. The molecule has 0 aliphatic heterocycles. The molecule has 5 nitrogen and oxygen atoms in total. The van der Waals surface area contributed by atoms with Crippen LogP contribution in [-0.4, -0.2) is 9.97 Å². The summed E-state index contributed by atoms with van der Waals surface area (Å²) in [4.78, 5) is 18.0. The number of aromatic nitrogens is 2. The van der Waals surface area contributed by atoms with Crippen molar-refractivity contribution in [3.8, 4) is 11.5 Å². The van der Waals surface area contributed by atoms with Gasteiger partial charge in [-0.3, -0.25) is 4.98 Å². The van der Waals surface area contributed by atoms with Crippen LogP contribution in [0.5, 0.6) is 11.5 Å². The number of nitrogens with one attached hydrogen (secondary N) is 1. The van der Waals surface area contributed by atoms with E-state index in [1.807, 2.05) is 19.9 Å². The van der Waals surface area contributed by atoms with E-state index in [4.69, 9.17) is 20.8 Å². The zero-order valence-electron chi connectivity index (χ0n) is 11.6. The first-order valence-corrected chi connectivity index (χ1v) is 6.90. The molecule has 3 aromatic rings. The van der Waals surface area contributed by atoms with Gasteiger partial charge in [0.05, 0.1) is 5.52 Å². The van der Waals surface area contributed by atoms with Gasteiger partial charge in [0.1, 0.15) is 16.7 Å². The summed E-state index contributed by atoms with van der Waals surface area (Å²) in [6, 6.07) is 5.18. The van der Waals surface area contributed by atoms with Gasteiger partial charge in [-0.15, -0.1) is 0 Å². The van der Waals surface area contributed by atoms with Crippen molar-refractivity contribution in [1.82, 2.24) is 9.97 Å². The van der Waals surface area contributed by atoms with Gasteiger partial charge < -0.3 is 9.15 Å². The Morgan fingerprint density at radius 3 is 2.95 bits per heavy atom. The van der Waals surface area contributed by atoms with Gasteiger partial charge in [-0.1, -0.05) is 18.5 Å². The molecule has 0 atom stereocenters. The minimum atomic E-state index is -0.480. The van der Waals surface area contributed by atoms with Gasteiger partial charge >= 0.3 is 5.76 Å². The number of fused-ring (bicyclic) bond motifs is 1. The van der Waals surface area contributed by atoms with Crippen LogP contribution < -0.4 is 10.5 Å². The van der Waals surface area contributed by atoms with Crippen LogP contribution in [-0.2, 0) is 6.42 Å². The fourth-order valence-corrected chi connectivity index (χ4v) is 2.33. The number of ether oxygens (including phenoxy) is 1. The molecular weight excluding hydrogens is 292 g/mol. The van der Waals surface area contributed by atoms with Crippen molar-refractivity contribution >= 4 is 22.7 Å². The number of benzene rings is 1. The van der Waals surface area contributed by atoms with Crippen molar-refractivity contribution in [3.05, 3.63) is 51.2 Å². The molecule has 2 heterocycles. The van der Waals surface area contributed by atoms with E-state index in [1.165, 1.54) is 0 Å². The molecule has 3 rings (SSSR count). The molecule has 0 unspecified atom stereocenters. The second-order valence-electron chi connectivity index (χ2n) is 4.70. The Hall–Kier alpha value is -2.27. The largest absolute Gasteiger partial charge is 0.457 e. The number of aryl methyl sites for hydroxylation is 2. The van der Waals surface area contributed by atoms with Crippen molar-refractivity contribution in [3.63, 3.8) is 0 Å². The Labute approximate surface area is 125 Å². The van der Waals surface area contributed by atoms with Crippen molar-refractivity contribution in [1.29, 1.82) is 0 Å². The van der Waals surface area contributed by atoms with E-state index in [9.17, 15) is 4.79 Å². The molecule has 6 heteroatoms. The molecule has 108 valence electrons. The van der Waals surface area contributed by atoms with Gasteiger partial charge in [0, 0.05) is 23.9 Å². The van der Waals surface area contributed by atoms with E-state index in [-0.39, 0.29) is 0 Å². The molecule has 21 heavy (non-hydrogen) atoms. The standard InChI is InChI=1S/C15H13ClN2O3/c1-3-9-7-17-13(16)6-11(9)20-10-4-8(2)14-12(5-10)21-15(19)18-14/h4-7H,3H2,1-2H3,(H,18,19). The van der Waals surface area contributed by atoms with Gasteiger partial charge in [0.15, 0.2) is 5.58 Å². The summed E-state index contributed by atoms with van der Waals surface area (Å²) in [6.45, 7) is 3.89. The molecule has 0 saturated carbocycles. The van der Waals surface area contributed by atoms with Crippen LogP contribution >= 0.6 is 11.6 Å². The summed E-state index contributed by atoms with van der Waals surface area (Å²) in [6.07, 6.45) is 2.47. The third-order valence-electron chi connectivity index (χ3n) is 3.22. The number of aromatic amines is 1. The summed E-state index contributed by atoms with van der Waals surface area (Å²) in [5, 5.41) is 0.369. The van der Waals surface area contributed by atoms with Gasteiger partial charge in [0.25, 0.3) is 0 Å². The quantitative estimate of drug-likeness (QED) is 0.747. The van der Waals surface area contributed by atoms with Crippen LogP contribution in [0.25, 0.3) is 11.1 Å². The average molecular weight is 305 g/mol. The maximum Gasteiger partial charge on any atom is 0.417 e. The second kappa shape index (κ2) is 5.26.